The SMILES string of the molecule is Cc1cc(C(=O)OCc2nc3ccccc3s2)cc(S(=O)(=O)N(C)C)c1C. The van der Waals surface area contributed by atoms with Crippen LogP contribution >= 0.6 is 11.3 Å². The largest absolute Gasteiger partial charge is 0.455 e. The minimum Gasteiger partial charge on any atom is -0.455 e. The Hall–Kier alpha value is -2.29. The molecule has 0 fully saturated rings. The van der Waals surface area contributed by atoms with Gasteiger partial charge in [0.15, 0.2) is 0 Å². The van der Waals surface area contributed by atoms with E-state index in [1.54, 1.807) is 19.9 Å². The summed E-state index contributed by atoms with van der Waals surface area (Å²) in [4.78, 5) is 17.0. The molecule has 142 valence electrons. The number of thiazole rings is 1. The van der Waals surface area contributed by atoms with Crippen LogP contribution in [0.4, 0.5) is 0 Å². The number of fused-ring (bicyclic) bond motifs is 1. The highest BCUT2D eigenvalue weighted by Crippen LogP contribution is 2.25. The van der Waals surface area contributed by atoms with E-state index in [1.165, 1.54) is 31.5 Å². The smallest absolute Gasteiger partial charge is 0.338 e. The Bertz CT molecular complexity index is 1080. The van der Waals surface area contributed by atoms with Crippen molar-refractivity contribution in [1.82, 2.24) is 9.29 Å². The summed E-state index contributed by atoms with van der Waals surface area (Å²) in [5.41, 5.74) is 2.40. The molecule has 8 heteroatoms. The molecule has 0 saturated carbocycles. The van der Waals surface area contributed by atoms with Crippen LogP contribution in [0, 0.1) is 13.8 Å². The Morgan fingerprint density at radius 1 is 1.19 bits per heavy atom. The highest BCUT2D eigenvalue weighted by Gasteiger charge is 2.23. The molecular formula is C19H20N2O4S2. The first kappa shape index (κ1) is 19.5. The van der Waals surface area contributed by atoms with Gasteiger partial charge in [-0.25, -0.2) is 22.5 Å². The van der Waals surface area contributed by atoms with E-state index in [0.29, 0.717) is 16.1 Å². The second kappa shape index (κ2) is 7.38. The average molecular weight is 405 g/mol. The number of para-hydroxylation sites is 1. The minimum atomic E-state index is -3.66. The van der Waals surface area contributed by atoms with Gasteiger partial charge in [-0.2, -0.15) is 0 Å². The monoisotopic (exact) mass is 404 g/mol. The van der Waals surface area contributed by atoms with Crippen molar-refractivity contribution in [3.63, 3.8) is 0 Å². The zero-order valence-electron chi connectivity index (χ0n) is 15.5. The average Bonchev–Trinajstić information content (AvgIpc) is 3.04. The Balaban J connectivity index is 1.85. The van der Waals surface area contributed by atoms with E-state index < -0.39 is 16.0 Å². The quantitative estimate of drug-likeness (QED) is 0.608. The van der Waals surface area contributed by atoms with E-state index in [2.05, 4.69) is 4.98 Å². The number of aromatic nitrogens is 1. The second-order valence-electron chi connectivity index (χ2n) is 6.36. The molecule has 0 amide bonds. The van der Waals surface area contributed by atoms with E-state index in [1.807, 2.05) is 24.3 Å². The van der Waals surface area contributed by atoms with Crippen molar-refractivity contribution < 1.29 is 17.9 Å². The molecule has 0 N–H and O–H groups in total. The number of carbonyl (C=O) groups is 1. The van der Waals surface area contributed by atoms with Gasteiger partial charge in [0.1, 0.15) is 11.6 Å². The van der Waals surface area contributed by atoms with Gasteiger partial charge in [-0.3, -0.25) is 0 Å². The van der Waals surface area contributed by atoms with Crippen LogP contribution in [-0.2, 0) is 21.4 Å². The highest BCUT2D eigenvalue weighted by atomic mass is 32.2. The van der Waals surface area contributed by atoms with Crippen LogP contribution in [0.1, 0.15) is 26.5 Å². The third-order valence-electron chi connectivity index (χ3n) is 4.28. The number of esters is 1. The first-order chi connectivity index (χ1) is 12.7. The van der Waals surface area contributed by atoms with Gasteiger partial charge in [-0.1, -0.05) is 12.1 Å². The predicted molar refractivity (Wildman–Crippen MR) is 106 cm³/mol. The molecule has 0 aliphatic heterocycles. The van der Waals surface area contributed by atoms with Gasteiger partial charge in [-0.15, -0.1) is 11.3 Å². The molecule has 27 heavy (non-hydrogen) atoms. The summed E-state index contributed by atoms with van der Waals surface area (Å²) in [6, 6.07) is 10.7. The molecule has 0 radical (unpaired) electrons. The minimum absolute atomic E-state index is 0.0425. The van der Waals surface area contributed by atoms with Crippen molar-refractivity contribution in [3.8, 4) is 0 Å². The first-order valence-corrected chi connectivity index (χ1v) is 10.5. The van der Waals surface area contributed by atoms with Gasteiger partial charge in [0.05, 0.1) is 20.7 Å². The summed E-state index contributed by atoms with van der Waals surface area (Å²) in [6.07, 6.45) is 0. The van der Waals surface area contributed by atoms with E-state index in [-0.39, 0.29) is 17.1 Å². The maximum absolute atomic E-state index is 12.5. The molecule has 0 atom stereocenters. The number of hydrogen-bond donors (Lipinski definition) is 0. The summed E-state index contributed by atoms with van der Waals surface area (Å²) in [5.74, 6) is -0.576. The molecule has 0 spiro atoms. The molecule has 3 aromatic rings. The molecule has 1 aromatic heterocycles. The molecule has 1 heterocycles. The predicted octanol–water partition coefficient (Wildman–Crippen LogP) is 3.52. The third-order valence-corrected chi connectivity index (χ3v) is 7.23. The van der Waals surface area contributed by atoms with Gasteiger partial charge in [-0.05, 0) is 49.2 Å². The molecule has 0 aliphatic rings. The number of nitrogens with zero attached hydrogens (tertiary/aromatic N) is 2. The van der Waals surface area contributed by atoms with Crippen LogP contribution in [0.15, 0.2) is 41.3 Å². The number of hydrogen-bond acceptors (Lipinski definition) is 6. The van der Waals surface area contributed by atoms with Crippen LogP contribution in [0.5, 0.6) is 0 Å². The number of carbonyl (C=O) groups excluding carboxylic acids is 1. The number of aryl methyl sites for hydroxylation is 1. The zero-order valence-corrected chi connectivity index (χ0v) is 17.1. The van der Waals surface area contributed by atoms with Crippen molar-refractivity contribution in [2.75, 3.05) is 14.1 Å². The van der Waals surface area contributed by atoms with Gasteiger partial charge in [0, 0.05) is 14.1 Å². The molecule has 0 aliphatic carbocycles. The van der Waals surface area contributed by atoms with Gasteiger partial charge < -0.3 is 4.74 Å². The maximum atomic E-state index is 12.5. The lowest BCUT2D eigenvalue weighted by molar-refractivity contribution is 0.0472. The third kappa shape index (κ3) is 3.87. The van der Waals surface area contributed by atoms with Crippen LogP contribution in [-0.4, -0.2) is 37.8 Å². The lowest BCUT2D eigenvalue weighted by Gasteiger charge is -2.16. The number of ether oxygens (including phenoxy) is 1. The Labute approximate surface area is 162 Å². The molecule has 2 aromatic carbocycles. The number of sulfonamides is 1. The Morgan fingerprint density at radius 3 is 2.56 bits per heavy atom. The van der Waals surface area contributed by atoms with E-state index in [0.717, 1.165) is 14.5 Å². The van der Waals surface area contributed by atoms with Crippen LogP contribution in [0.2, 0.25) is 0 Å². The topological polar surface area (TPSA) is 76.6 Å². The summed E-state index contributed by atoms with van der Waals surface area (Å²) >= 11 is 1.46. The van der Waals surface area contributed by atoms with Crippen molar-refractivity contribution in [2.45, 2.75) is 25.3 Å². The molecule has 6 nitrogen and oxygen atoms in total. The Kier molecular flexibility index (Phi) is 5.32. The Morgan fingerprint density at radius 2 is 1.89 bits per heavy atom. The summed E-state index contributed by atoms with van der Waals surface area (Å²) in [7, 11) is -0.734. The molecule has 0 saturated heterocycles. The van der Waals surface area contributed by atoms with Gasteiger partial charge in [0.25, 0.3) is 0 Å². The normalized spacial score (nSPS) is 11.9. The molecule has 3 rings (SSSR count). The summed E-state index contributed by atoms with van der Waals surface area (Å²) in [6.45, 7) is 3.54. The summed E-state index contributed by atoms with van der Waals surface area (Å²) < 4.78 is 32.6. The van der Waals surface area contributed by atoms with Crippen LogP contribution in [0.3, 0.4) is 0 Å². The fourth-order valence-corrected chi connectivity index (χ4v) is 4.70. The lowest BCUT2D eigenvalue weighted by Crippen LogP contribution is -2.24. The molecule has 0 bridgehead atoms. The lowest BCUT2D eigenvalue weighted by atomic mass is 10.1. The first-order valence-electron chi connectivity index (χ1n) is 8.25. The van der Waals surface area contributed by atoms with E-state index in [9.17, 15) is 13.2 Å². The van der Waals surface area contributed by atoms with E-state index in [4.69, 9.17) is 4.74 Å². The summed E-state index contributed by atoms with van der Waals surface area (Å²) in [5, 5.41) is 0.689. The fraction of sp³-hybridized carbons (Fsp3) is 0.263. The van der Waals surface area contributed by atoms with E-state index >= 15 is 0 Å². The van der Waals surface area contributed by atoms with Crippen LogP contribution < -0.4 is 0 Å². The molecular weight excluding hydrogens is 384 g/mol. The second-order valence-corrected chi connectivity index (χ2v) is 9.59. The van der Waals surface area contributed by atoms with Crippen molar-refractivity contribution in [1.29, 1.82) is 0 Å². The zero-order chi connectivity index (χ0) is 19.8. The van der Waals surface area contributed by atoms with Gasteiger partial charge in [0.2, 0.25) is 10.0 Å². The standard InChI is InChI=1S/C19H20N2O4S2/c1-12-9-14(10-17(13(12)2)27(23,24)21(3)4)19(22)25-11-18-20-15-7-5-6-8-16(15)26-18/h5-10H,11H2,1-4H3. The highest BCUT2D eigenvalue weighted by molar-refractivity contribution is 7.89. The molecule has 0 unspecified atom stereocenters. The van der Waals surface area contributed by atoms with Crippen molar-refractivity contribution >= 4 is 37.5 Å². The van der Waals surface area contributed by atoms with Gasteiger partial charge >= 0.3 is 5.97 Å². The number of rotatable bonds is 5. The van der Waals surface area contributed by atoms with Crippen LogP contribution in [0.25, 0.3) is 10.2 Å². The van der Waals surface area contributed by atoms with Crippen molar-refractivity contribution in [3.05, 3.63) is 58.1 Å². The maximum Gasteiger partial charge on any atom is 0.338 e. The number of benzene rings is 2. The fourth-order valence-electron chi connectivity index (χ4n) is 2.60. The van der Waals surface area contributed by atoms with Crippen molar-refractivity contribution in [2.24, 2.45) is 0 Å².